The molecule has 0 saturated carbocycles. The fourth-order valence-electron chi connectivity index (χ4n) is 1.95. The van der Waals surface area contributed by atoms with Crippen molar-refractivity contribution >= 4 is 11.9 Å². The minimum Gasteiger partial charge on any atom is -0.289 e. The maximum Gasteiger partial charge on any atom is 0.416 e. The van der Waals surface area contributed by atoms with Crippen LogP contribution in [0.1, 0.15) is 27.0 Å². The molecule has 0 unspecified atom stereocenters. The van der Waals surface area contributed by atoms with Crippen molar-refractivity contribution in [1.82, 2.24) is 0 Å². The van der Waals surface area contributed by atoms with Crippen LogP contribution in [-0.2, 0) is 12.4 Å². The van der Waals surface area contributed by atoms with Crippen molar-refractivity contribution in [3.05, 3.63) is 76.9 Å². The molecule has 0 N–H and O–H groups in total. The number of rotatable bonds is 3. The first-order valence-electron chi connectivity index (χ1n) is 6.64. The second-order valence-corrected chi connectivity index (χ2v) is 4.90. The topological polar surface area (TPSA) is 17.1 Å². The molecule has 126 valence electrons. The minimum absolute atomic E-state index is 0.0381. The van der Waals surface area contributed by atoms with Gasteiger partial charge in [0.15, 0.2) is 5.78 Å². The van der Waals surface area contributed by atoms with Crippen molar-refractivity contribution in [3.63, 3.8) is 0 Å². The average molecular weight is 344 g/mol. The number of ketones is 1. The summed E-state index contributed by atoms with van der Waals surface area (Å²) in [5.74, 6) is -0.526. The Morgan fingerprint density at radius 3 is 1.75 bits per heavy atom. The van der Waals surface area contributed by atoms with E-state index in [-0.39, 0.29) is 17.2 Å². The maximum atomic E-state index is 12.7. The van der Waals surface area contributed by atoms with Crippen LogP contribution in [0.4, 0.5) is 26.3 Å². The molecule has 0 saturated heterocycles. The Hall–Kier alpha value is -2.57. The van der Waals surface area contributed by atoms with Crippen LogP contribution in [0.25, 0.3) is 6.08 Å². The summed E-state index contributed by atoms with van der Waals surface area (Å²) in [6.07, 6.45) is -7.98. The first-order chi connectivity index (χ1) is 11.1. The van der Waals surface area contributed by atoms with Crippen LogP contribution in [0.5, 0.6) is 0 Å². The molecule has 0 fully saturated rings. The highest BCUT2D eigenvalue weighted by Crippen LogP contribution is 2.36. The van der Waals surface area contributed by atoms with Crippen molar-refractivity contribution < 1.29 is 31.1 Å². The molecule has 24 heavy (non-hydrogen) atoms. The lowest BCUT2D eigenvalue weighted by atomic mass is 10.0. The number of alkyl halides is 6. The van der Waals surface area contributed by atoms with Gasteiger partial charge in [-0.05, 0) is 29.8 Å². The van der Waals surface area contributed by atoms with E-state index in [1.54, 1.807) is 18.2 Å². The van der Waals surface area contributed by atoms with E-state index in [9.17, 15) is 31.1 Å². The van der Waals surface area contributed by atoms with Gasteiger partial charge in [-0.15, -0.1) is 0 Å². The number of allylic oxidation sites excluding steroid dienone is 1. The third-order valence-electron chi connectivity index (χ3n) is 3.10. The Bertz CT molecular complexity index is 725. The Kier molecular flexibility index (Phi) is 4.82. The maximum absolute atomic E-state index is 12.7. The van der Waals surface area contributed by atoms with Gasteiger partial charge in [0.1, 0.15) is 0 Å². The highest BCUT2D eigenvalue weighted by atomic mass is 19.4. The van der Waals surface area contributed by atoms with Crippen LogP contribution in [-0.4, -0.2) is 5.78 Å². The summed E-state index contributed by atoms with van der Waals surface area (Å²) in [6, 6.07) is 8.98. The zero-order valence-electron chi connectivity index (χ0n) is 11.9. The molecular formula is C17H10F6O. The molecule has 7 heteroatoms. The highest BCUT2D eigenvalue weighted by Gasteiger charge is 2.36. The smallest absolute Gasteiger partial charge is 0.289 e. The first-order valence-corrected chi connectivity index (χ1v) is 6.64. The average Bonchev–Trinajstić information content (AvgIpc) is 2.51. The summed E-state index contributed by atoms with van der Waals surface area (Å²) in [6.45, 7) is 0. The highest BCUT2D eigenvalue weighted by molar-refractivity contribution is 6.06. The van der Waals surface area contributed by atoms with E-state index in [0.29, 0.717) is 12.1 Å². The molecule has 0 atom stereocenters. The molecule has 0 amide bonds. The van der Waals surface area contributed by atoms with Crippen LogP contribution in [0, 0.1) is 0 Å². The molecule has 2 aromatic rings. The second kappa shape index (κ2) is 6.51. The molecule has 0 heterocycles. The second-order valence-electron chi connectivity index (χ2n) is 4.90. The summed E-state index contributed by atoms with van der Waals surface area (Å²) < 4.78 is 76.4. The fraction of sp³-hybridized carbons (Fsp3) is 0.118. The van der Waals surface area contributed by atoms with E-state index in [4.69, 9.17) is 0 Å². The van der Waals surface area contributed by atoms with E-state index in [1.807, 2.05) is 0 Å². The first kappa shape index (κ1) is 17.8. The van der Waals surface area contributed by atoms with Gasteiger partial charge < -0.3 is 0 Å². The fourth-order valence-corrected chi connectivity index (χ4v) is 1.95. The van der Waals surface area contributed by atoms with E-state index in [0.717, 1.165) is 12.2 Å². The number of carbonyl (C=O) groups excluding carboxylic acids is 1. The molecular weight excluding hydrogens is 334 g/mol. The van der Waals surface area contributed by atoms with Gasteiger partial charge in [0.05, 0.1) is 11.1 Å². The predicted octanol–water partition coefficient (Wildman–Crippen LogP) is 5.62. The van der Waals surface area contributed by atoms with Gasteiger partial charge in [-0.3, -0.25) is 4.79 Å². The monoisotopic (exact) mass is 344 g/mol. The molecule has 0 aliphatic carbocycles. The Morgan fingerprint density at radius 1 is 0.792 bits per heavy atom. The number of carbonyl (C=O) groups is 1. The van der Waals surface area contributed by atoms with Crippen LogP contribution < -0.4 is 0 Å². The number of hydrogen-bond donors (Lipinski definition) is 0. The minimum atomic E-state index is -4.92. The van der Waals surface area contributed by atoms with Crippen LogP contribution in [0.15, 0.2) is 54.6 Å². The largest absolute Gasteiger partial charge is 0.416 e. The SMILES string of the molecule is O=C(/C=C\c1cc(C(F)(F)F)cc(C(F)(F)F)c1)c1ccccc1. The Morgan fingerprint density at radius 2 is 1.29 bits per heavy atom. The van der Waals surface area contributed by atoms with Gasteiger partial charge >= 0.3 is 12.4 Å². The quantitative estimate of drug-likeness (QED) is 0.401. The van der Waals surface area contributed by atoms with Crippen molar-refractivity contribution in [3.8, 4) is 0 Å². The van der Waals surface area contributed by atoms with Gasteiger partial charge in [-0.2, -0.15) is 26.3 Å². The summed E-state index contributed by atoms with van der Waals surface area (Å²) in [5.41, 5.74) is -2.94. The molecule has 0 radical (unpaired) electrons. The molecule has 0 aromatic heterocycles. The van der Waals surface area contributed by atoms with Crippen LogP contribution in [0.3, 0.4) is 0 Å². The van der Waals surface area contributed by atoms with Crippen LogP contribution >= 0.6 is 0 Å². The van der Waals surface area contributed by atoms with Gasteiger partial charge in [0, 0.05) is 5.56 Å². The summed E-state index contributed by atoms with van der Waals surface area (Å²) in [4.78, 5) is 11.9. The molecule has 2 aromatic carbocycles. The predicted molar refractivity (Wildman–Crippen MR) is 76.3 cm³/mol. The van der Waals surface area contributed by atoms with Crippen molar-refractivity contribution in [2.24, 2.45) is 0 Å². The Labute approximate surface area is 133 Å². The van der Waals surface area contributed by atoms with E-state index < -0.39 is 29.3 Å². The van der Waals surface area contributed by atoms with E-state index in [1.165, 1.54) is 12.1 Å². The molecule has 0 spiro atoms. The summed E-state index contributed by atoms with van der Waals surface area (Å²) in [5, 5.41) is 0. The van der Waals surface area contributed by atoms with Gasteiger partial charge in [0.25, 0.3) is 0 Å². The van der Waals surface area contributed by atoms with Crippen molar-refractivity contribution in [1.29, 1.82) is 0 Å². The zero-order chi connectivity index (χ0) is 18.0. The normalized spacial score (nSPS) is 12.6. The van der Waals surface area contributed by atoms with E-state index >= 15 is 0 Å². The lowest BCUT2D eigenvalue weighted by molar-refractivity contribution is -0.143. The van der Waals surface area contributed by atoms with E-state index in [2.05, 4.69) is 0 Å². The lowest BCUT2D eigenvalue weighted by Crippen LogP contribution is -2.11. The van der Waals surface area contributed by atoms with Gasteiger partial charge in [-0.25, -0.2) is 0 Å². The molecule has 0 aliphatic rings. The third kappa shape index (κ3) is 4.47. The molecule has 2 rings (SSSR count). The van der Waals surface area contributed by atoms with Gasteiger partial charge in [0.2, 0.25) is 0 Å². The standard InChI is InChI=1S/C17H10F6O/c18-16(19,20)13-8-11(9-14(10-13)17(21,22)23)6-7-15(24)12-4-2-1-3-5-12/h1-10H/b7-6-. The van der Waals surface area contributed by atoms with Crippen LogP contribution in [0.2, 0.25) is 0 Å². The lowest BCUT2D eigenvalue weighted by Gasteiger charge is -2.12. The Balaban J connectivity index is 2.39. The third-order valence-corrected chi connectivity index (χ3v) is 3.10. The van der Waals surface area contributed by atoms with Crippen molar-refractivity contribution in [2.75, 3.05) is 0 Å². The molecule has 0 bridgehead atoms. The summed E-state index contributed by atoms with van der Waals surface area (Å²) >= 11 is 0. The molecule has 0 aliphatic heterocycles. The summed E-state index contributed by atoms with van der Waals surface area (Å²) in [7, 11) is 0. The zero-order valence-corrected chi connectivity index (χ0v) is 11.9. The number of benzene rings is 2. The van der Waals surface area contributed by atoms with Crippen molar-refractivity contribution in [2.45, 2.75) is 12.4 Å². The van der Waals surface area contributed by atoms with Gasteiger partial charge in [-0.1, -0.05) is 36.4 Å². The molecule has 1 nitrogen and oxygen atoms in total. The number of halogens is 6. The number of hydrogen-bond acceptors (Lipinski definition) is 1.